The number of amides is 1. The topological polar surface area (TPSA) is 69.2 Å². The molecule has 2 aromatic rings. The van der Waals surface area contributed by atoms with Gasteiger partial charge >= 0.3 is 0 Å². The summed E-state index contributed by atoms with van der Waals surface area (Å²) in [5.74, 6) is 1.47. The van der Waals surface area contributed by atoms with Gasteiger partial charge in [0, 0.05) is 12.6 Å². The van der Waals surface area contributed by atoms with E-state index in [0.29, 0.717) is 18.3 Å². The number of thioether (sulfide) groups is 1. The van der Waals surface area contributed by atoms with E-state index in [1.807, 2.05) is 29.2 Å². The lowest BCUT2D eigenvalue weighted by atomic mass is 9.94. The minimum absolute atomic E-state index is 0.0338. The highest BCUT2D eigenvalue weighted by molar-refractivity contribution is 8.00. The molecule has 0 saturated heterocycles. The molecule has 0 aliphatic heterocycles. The van der Waals surface area contributed by atoms with Crippen LogP contribution < -0.4 is 0 Å². The zero-order valence-electron chi connectivity index (χ0n) is 14.8. The molecule has 1 fully saturated rings. The second-order valence-electron chi connectivity index (χ2n) is 6.69. The van der Waals surface area contributed by atoms with Crippen LogP contribution in [0.5, 0.6) is 0 Å². The molecule has 1 aliphatic carbocycles. The summed E-state index contributed by atoms with van der Waals surface area (Å²) in [5, 5.41) is 9.46. The maximum absolute atomic E-state index is 12.7. The van der Waals surface area contributed by atoms with Crippen molar-refractivity contribution in [3.05, 3.63) is 30.1 Å². The maximum Gasteiger partial charge on any atom is 0.232 e. The fraction of sp³-hybridized carbons (Fsp3) is 0.579. The average molecular weight is 362 g/mol. The lowest BCUT2D eigenvalue weighted by molar-refractivity contribution is -0.131. The van der Waals surface area contributed by atoms with Gasteiger partial charge in [0.2, 0.25) is 5.91 Å². The SMILES string of the molecule is CC(SCC(=O)N(CCO)C1CCCCC1)c1nc2ccccc2[nH]1. The quantitative estimate of drug-likeness (QED) is 0.792. The van der Waals surface area contributed by atoms with Gasteiger partial charge in [0.15, 0.2) is 0 Å². The molecule has 6 heteroatoms. The Morgan fingerprint density at radius 1 is 1.36 bits per heavy atom. The Kier molecular flexibility index (Phi) is 6.37. The van der Waals surface area contributed by atoms with Crippen molar-refractivity contribution in [2.24, 2.45) is 0 Å². The van der Waals surface area contributed by atoms with Crippen LogP contribution in [-0.4, -0.2) is 50.8 Å². The van der Waals surface area contributed by atoms with E-state index in [1.165, 1.54) is 19.3 Å². The van der Waals surface area contributed by atoms with Crippen LogP contribution in [0.3, 0.4) is 0 Å². The lowest BCUT2D eigenvalue weighted by Gasteiger charge is -2.34. The van der Waals surface area contributed by atoms with Gasteiger partial charge in [-0.2, -0.15) is 0 Å². The first-order valence-corrected chi connectivity index (χ1v) is 10.2. The molecular weight excluding hydrogens is 334 g/mol. The van der Waals surface area contributed by atoms with E-state index in [4.69, 9.17) is 0 Å². The van der Waals surface area contributed by atoms with Gasteiger partial charge in [-0.3, -0.25) is 4.79 Å². The monoisotopic (exact) mass is 361 g/mol. The van der Waals surface area contributed by atoms with E-state index in [1.54, 1.807) is 11.8 Å². The Morgan fingerprint density at radius 3 is 2.84 bits per heavy atom. The van der Waals surface area contributed by atoms with Gasteiger partial charge in [-0.1, -0.05) is 31.4 Å². The van der Waals surface area contributed by atoms with Crippen LogP contribution in [0, 0.1) is 0 Å². The lowest BCUT2D eigenvalue weighted by Crippen LogP contribution is -2.44. The second-order valence-corrected chi connectivity index (χ2v) is 8.02. The maximum atomic E-state index is 12.7. The van der Waals surface area contributed by atoms with E-state index in [9.17, 15) is 9.90 Å². The molecule has 25 heavy (non-hydrogen) atoms. The van der Waals surface area contributed by atoms with Gasteiger partial charge in [-0.05, 0) is 31.9 Å². The molecular formula is C19H27N3O2S. The van der Waals surface area contributed by atoms with Gasteiger partial charge < -0.3 is 15.0 Å². The first-order chi connectivity index (χ1) is 12.2. The third-order valence-electron chi connectivity index (χ3n) is 4.93. The van der Waals surface area contributed by atoms with Crippen LogP contribution in [0.4, 0.5) is 0 Å². The van der Waals surface area contributed by atoms with Gasteiger partial charge in [0.05, 0.1) is 28.6 Å². The third kappa shape index (κ3) is 4.55. The van der Waals surface area contributed by atoms with Crippen LogP contribution >= 0.6 is 11.8 Å². The summed E-state index contributed by atoms with van der Waals surface area (Å²) in [7, 11) is 0. The fourth-order valence-corrected chi connectivity index (χ4v) is 4.36. The molecule has 2 N–H and O–H groups in total. The Morgan fingerprint density at radius 2 is 2.12 bits per heavy atom. The van der Waals surface area contributed by atoms with Crippen LogP contribution in [0.15, 0.2) is 24.3 Å². The van der Waals surface area contributed by atoms with Crippen molar-refractivity contribution in [3.8, 4) is 0 Å². The Hall–Kier alpha value is -1.53. The highest BCUT2D eigenvalue weighted by Crippen LogP contribution is 2.29. The molecule has 1 amide bonds. The summed E-state index contributed by atoms with van der Waals surface area (Å²) in [4.78, 5) is 22.6. The minimum atomic E-state index is 0.0338. The predicted octanol–water partition coefficient (Wildman–Crippen LogP) is 3.51. The molecule has 136 valence electrons. The molecule has 0 radical (unpaired) electrons. The van der Waals surface area contributed by atoms with Gasteiger partial charge in [0.1, 0.15) is 5.82 Å². The first kappa shape index (κ1) is 18.3. The summed E-state index contributed by atoms with van der Waals surface area (Å²) >= 11 is 1.60. The summed E-state index contributed by atoms with van der Waals surface area (Å²) in [5.41, 5.74) is 1.99. The molecule has 0 spiro atoms. The number of rotatable bonds is 7. The van der Waals surface area contributed by atoms with Crippen molar-refractivity contribution in [2.45, 2.75) is 50.3 Å². The summed E-state index contributed by atoms with van der Waals surface area (Å²) in [6, 6.07) is 8.27. The number of carbonyl (C=O) groups is 1. The summed E-state index contributed by atoms with van der Waals surface area (Å²) in [6.45, 7) is 2.56. The van der Waals surface area contributed by atoms with E-state index >= 15 is 0 Å². The highest BCUT2D eigenvalue weighted by atomic mass is 32.2. The Labute approximate surface area is 153 Å². The van der Waals surface area contributed by atoms with Crippen molar-refractivity contribution < 1.29 is 9.90 Å². The molecule has 3 rings (SSSR count). The summed E-state index contributed by atoms with van der Waals surface area (Å²) < 4.78 is 0. The number of nitrogens with one attached hydrogen (secondary N) is 1. The number of fused-ring (bicyclic) bond motifs is 1. The molecule has 0 bridgehead atoms. The van der Waals surface area contributed by atoms with Crippen molar-refractivity contribution in [3.63, 3.8) is 0 Å². The molecule has 1 saturated carbocycles. The van der Waals surface area contributed by atoms with Gasteiger partial charge in [-0.25, -0.2) is 4.98 Å². The zero-order chi connectivity index (χ0) is 17.6. The molecule has 1 aromatic carbocycles. The molecule has 5 nitrogen and oxygen atoms in total. The number of hydrogen-bond acceptors (Lipinski definition) is 4. The van der Waals surface area contributed by atoms with Crippen molar-refractivity contribution in [1.82, 2.24) is 14.9 Å². The molecule has 1 heterocycles. The Balaban J connectivity index is 1.59. The van der Waals surface area contributed by atoms with Crippen LogP contribution in [0.1, 0.15) is 50.1 Å². The number of nitrogens with zero attached hydrogens (tertiary/aromatic N) is 2. The van der Waals surface area contributed by atoms with Crippen molar-refractivity contribution in [2.75, 3.05) is 18.9 Å². The van der Waals surface area contributed by atoms with E-state index in [0.717, 1.165) is 29.7 Å². The Bertz CT molecular complexity index is 664. The van der Waals surface area contributed by atoms with E-state index in [-0.39, 0.29) is 17.8 Å². The summed E-state index contributed by atoms with van der Waals surface area (Å²) in [6.07, 6.45) is 5.76. The number of aromatic nitrogens is 2. The van der Waals surface area contributed by atoms with Crippen molar-refractivity contribution in [1.29, 1.82) is 0 Å². The number of imidazole rings is 1. The first-order valence-electron chi connectivity index (χ1n) is 9.15. The van der Waals surface area contributed by atoms with E-state index in [2.05, 4.69) is 16.9 Å². The number of carbonyl (C=O) groups excluding carboxylic acids is 1. The van der Waals surface area contributed by atoms with Crippen LogP contribution in [-0.2, 0) is 4.79 Å². The van der Waals surface area contributed by atoms with E-state index < -0.39 is 0 Å². The van der Waals surface area contributed by atoms with Crippen LogP contribution in [0.25, 0.3) is 11.0 Å². The minimum Gasteiger partial charge on any atom is -0.395 e. The number of aliphatic hydroxyl groups excluding tert-OH is 1. The average Bonchev–Trinajstić information content (AvgIpc) is 3.09. The van der Waals surface area contributed by atoms with Gasteiger partial charge in [-0.15, -0.1) is 11.8 Å². The smallest absolute Gasteiger partial charge is 0.232 e. The number of aliphatic hydroxyl groups is 1. The third-order valence-corrected chi connectivity index (χ3v) is 6.06. The van der Waals surface area contributed by atoms with Gasteiger partial charge in [0.25, 0.3) is 0 Å². The highest BCUT2D eigenvalue weighted by Gasteiger charge is 2.25. The molecule has 1 aromatic heterocycles. The fourth-order valence-electron chi connectivity index (χ4n) is 3.53. The predicted molar refractivity (Wildman–Crippen MR) is 103 cm³/mol. The number of hydrogen-bond donors (Lipinski definition) is 2. The van der Waals surface area contributed by atoms with Crippen molar-refractivity contribution >= 4 is 28.7 Å². The second kappa shape index (κ2) is 8.72. The number of aromatic amines is 1. The molecule has 1 atom stereocenters. The van der Waals surface area contributed by atoms with Crippen LogP contribution in [0.2, 0.25) is 0 Å². The normalized spacial score (nSPS) is 16.9. The molecule has 1 unspecified atom stereocenters. The number of H-pyrrole nitrogens is 1. The standard InChI is InChI=1S/C19H27N3O2S/c1-14(19-20-16-9-5-6-10-17(16)21-19)25-13-18(24)22(11-12-23)15-7-3-2-4-8-15/h5-6,9-10,14-15,23H,2-4,7-8,11-13H2,1H3,(H,20,21). The zero-order valence-corrected chi connectivity index (χ0v) is 15.6. The number of benzene rings is 1. The largest absolute Gasteiger partial charge is 0.395 e. The number of para-hydroxylation sites is 2. The molecule has 1 aliphatic rings.